The maximum absolute atomic E-state index is 13.4. The fraction of sp³-hybridized carbons (Fsp3) is 0.389. The van der Waals surface area contributed by atoms with Gasteiger partial charge in [-0.05, 0) is 62.9 Å². The summed E-state index contributed by atoms with van der Waals surface area (Å²) in [6.07, 6.45) is 3.10. The highest BCUT2D eigenvalue weighted by Crippen LogP contribution is 2.41. The molecular formula is C18H21N3O4S. The second-order valence-electron chi connectivity index (χ2n) is 6.66. The van der Waals surface area contributed by atoms with Crippen LogP contribution in [-0.4, -0.2) is 28.7 Å². The lowest BCUT2D eigenvalue weighted by Gasteiger charge is -2.28. The smallest absolute Gasteiger partial charge is 0.260 e. The van der Waals surface area contributed by atoms with Crippen LogP contribution in [0.25, 0.3) is 0 Å². The monoisotopic (exact) mass is 375 g/mol. The molecule has 0 N–H and O–H groups in total. The van der Waals surface area contributed by atoms with Crippen molar-refractivity contribution in [2.75, 3.05) is 0 Å². The van der Waals surface area contributed by atoms with Crippen LogP contribution in [0.1, 0.15) is 42.6 Å². The molecule has 1 saturated carbocycles. The predicted octanol–water partition coefficient (Wildman–Crippen LogP) is 3.52. The quantitative estimate of drug-likeness (QED) is 0.569. The highest BCUT2D eigenvalue weighted by atomic mass is 32.2. The molecule has 0 spiro atoms. The molecule has 0 aliphatic heterocycles. The summed E-state index contributed by atoms with van der Waals surface area (Å²) in [6, 6.07) is 7.41. The molecule has 1 atom stereocenters. The standard InChI is InChI=1S/C18H21N3O4S/c1-12-10-17(21(22)23)18(11-13(12)2)26(24,25)20(15-7-8-15)14(3)16-6-4-5-9-19-16/h4-6,9-11,14-15H,7-8H2,1-3H3. The van der Waals surface area contributed by atoms with Crippen molar-refractivity contribution in [3.05, 3.63) is 63.5 Å². The van der Waals surface area contributed by atoms with Gasteiger partial charge in [0, 0.05) is 18.3 Å². The molecule has 1 fully saturated rings. The Labute approximate surface area is 152 Å². The van der Waals surface area contributed by atoms with Crippen molar-refractivity contribution in [3.8, 4) is 0 Å². The van der Waals surface area contributed by atoms with Crippen LogP contribution in [-0.2, 0) is 10.0 Å². The number of pyridine rings is 1. The maximum Gasteiger partial charge on any atom is 0.289 e. The molecule has 7 nitrogen and oxygen atoms in total. The van der Waals surface area contributed by atoms with Crippen molar-refractivity contribution in [1.82, 2.24) is 9.29 Å². The lowest BCUT2D eigenvalue weighted by atomic mass is 10.1. The van der Waals surface area contributed by atoms with Gasteiger partial charge in [0.05, 0.1) is 16.7 Å². The Balaban J connectivity index is 2.13. The third-order valence-corrected chi connectivity index (χ3v) is 6.78. The zero-order valence-corrected chi connectivity index (χ0v) is 15.7. The van der Waals surface area contributed by atoms with Gasteiger partial charge in [0.2, 0.25) is 0 Å². The molecule has 1 aliphatic carbocycles. The highest BCUT2D eigenvalue weighted by molar-refractivity contribution is 7.89. The minimum atomic E-state index is -4.05. The van der Waals surface area contributed by atoms with Crippen molar-refractivity contribution >= 4 is 15.7 Å². The van der Waals surface area contributed by atoms with Gasteiger partial charge < -0.3 is 0 Å². The molecule has 0 bridgehead atoms. The summed E-state index contributed by atoms with van der Waals surface area (Å²) >= 11 is 0. The third kappa shape index (κ3) is 3.34. The van der Waals surface area contributed by atoms with Crippen molar-refractivity contribution in [2.45, 2.75) is 50.6 Å². The van der Waals surface area contributed by atoms with Crippen molar-refractivity contribution < 1.29 is 13.3 Å². The van der Waals surface area contributed by atoms with Gasteiger partial charge in [0.25, 0.3) is 15.7 Å². The van der Waals surface area contributed by atoms with Crippen LogP contribution < -0.4 is 0 Å². The van der Waals surface area contributed by atoms with E-state index in [9.17, 15) is 18.5 Å². The molecule has 1 aromatic carbocycles. The first-order chi connectivity index (χ1) is 12.2. The Bertz CT molecular complexity index is 940. The number of hydrogen-bond acceptors (Lipinski definition) is 5. The minimum Gasteiger partial charge on any atom is -0.260 e. The van der Waals surface area contributed by atoms with Crippen LogP contribution in [0.3, 0.4) is 0 Å². The highest BCUT2D eigenvalue weighted by Gasteiger charge is 2.44. The number of nitro groups is 1. The fourth-order valence-electron chi connectivity index (χ4n) is 3.04. The lowest BCUT2D eigenvalue weighted by Crippen LogP contribution is -2.36. The van der Waals surface area contributed by atoms with E-state index in [0.29, 0.717) is 16.8 Å². The summed E-state index contributed by atoms with van der Waals surface area (Å²) in [4.78, 5) is 14.9. The van der Waals surface area contributed by atoms with Gasteiger partial charge in [-0.2, -0.15) is 4.31 Å². The van der Waals surface area contributed by atoms with Gasteiger partial charge in [0.15, 0.2) is 4.90 Å². The molecule has 1 aromatic heterocycles. The number of sulfonamides is 1. The SMILES string of the molecule is Cc1cc([N+](=O)[O-])c(S(=O)(=O)N(C2CC2)C(C)c2ccccn2)cc1C. The second kappa shape index (κ2) is 6.77. The fourth-order valence-corrected chi connectivity index (χ4v) is 5.12. The van der Waals surface area contributed by atoms with E-state index in [-0.39, 0.29) is 16.6 Å². The van der Waals surface area contributed by atoms with E-state index in [1.807, 2.05) is 0 Å². The Morgan fingerprint density at radius 2 is 1.88 bits per heavy atom. The van der Waals surface area contributed by atoms with Gasteiger partial charge in [0.1, 0.15) is 0 Å². The normalized spacial score (nSPS) is 15.8. The van der Waals surface area contributed by atoms with Crippen LogP contribution in [0.5, 0.6) is 0 Å². The minimum absolute atomic E-state index is 0.154. The maximum atomic E-state index is 13.4. The molecule has 26 heavy (non-hydrogen) atoms. The van der Waals surface area contributed by atoms with Gasteiger partial charge in [-0.25, -0.2) is 8.42 Å². The first-order valence-corrected chi connectivity index (χ1v) is 9.87. The number of nitrogens with zero attached hydrogens (tertiary/aromatic N) is 3. The average Bonchev–Trinajstić information content (AvgIpc) is 3.42. The van der Waals surface area contributed by atoms with E-state index in [2.05, 4.69) is 4.98 Å². The molecule has 1 unspecified atom stereocenters. The molecule has 0 amide bonds. The lowest BCUT2D eigenvalue weighted by molar-refractivity contribution is -0.387. The van der Waals surface area contributed by atoms with E-state index >= 15 is 0 Å². The summed E-state index contributed by atoms with van der Waals surface area (Å²) in [6.45, 7) is 5.25. The Morgan fingerprint density at radius 1 is 1.23 bits per heavy atom. The average molecular weight is 375 g/mol. The van der Waals surface area contributed by atoms with Crippen molar-refractivity contribution in [3.63, 3.8) is 0 Å². The zero-order chi connectivity index (χ0) is 19.1. The summed E-state index contributed by atoms with van der Waals surface area (Å²) in [5.41, 5.74) is 1.63. The first-order valence-electron chi connectivity index (χ1n) is 8.43. The van der Waals surface area contributed by atoms with Crippen molar-refractivity contribution in [1.29, 1.82) is 0 Å². The van der Waals surface area contributed by atoms with Crippen LogP contribution in [0.4, 0.5) is 5.69 Å². The van der Waals surface area contributed by atoms with E-state index in [1.54, 1.807) is 45.2 Å². The topological polar surface area (TPSA) is 93.4 Å². The number of benzene rings is 1. The molecule has 138 valence electrons. The molecule has 0 radical (unpaired) electrons. The van der Waals surface area contributed by atoms with E-state index in [1.165, 1.54) is 16.4 Å². The Hall–Kier alpha value is -2.32. The summed E-state index contributed by atoms with van der Waals surface area (Å²) in [5, 5.41) is 11.5. The Morgan fingerprint density at radius 3 is 2.42 bits per heavy atom. The van der Waals surface area contributed by atoms with Crippen LogP contribution in [0, 0.1) is 24.0 Å². The van der Waals surface area contributed by atoms with Crippen LogP contribution >= 0.6 is 0 Å². The number of rotatable bonds is 6. The number of aromatic nitrogens is 1. The van der Waals surface area contributed by atoms with E-state index in [4.69, 9.17) is 0 Å². The summed E-state index contributed by atoms with van der Waals surface area (Å²) in [5.74, 6) is 0. The molecular weight excluding hydrogens is 354 g/mol. The van der Waals surface area contributed by atoms with E-state index < -0.39 is 21.0 Å². The molecule has 2 aromatic rings. The van der Waals surface area contributed by atoms with E-state index in [0.717, 1.165) is 12.8 Å². The number of hydrogen-bond donors (Lipinski definition) is 0. The predicted molar refractivity (Wildman–Crippen MR) is 97.3 cm³/mol. The number of aryl methyl sites for hydroxylation is 2. The molecule has 1 heterocycles. The molecule has 0 saturated heterocycles. The second-order valence-corrected chi connectivity index (χ2v) is 8.47. The van der Waals surface area contributed by atoms with Gasteiger partial charge in [-0.15, -0.1) is 0 Å². The first kappa shape index (κ1) is 18.5. The van der Waals surface area contributed by atoms with Crippen LogP contribution in [0.2, 0.25) is 0 Å². The Kier molecular flexibility index (Phi) is 4.81. The summed E-state index contributed by atoms with van der Waals surface area (Å²) in [7, 11) is -4.05. The van der Waals surface area contributed by atoms with Gasteiger partial charge >= 0.3 is 0 Å². The molecule has 8 heteroatoms. The molecule has 3 rings (SSSR count). The largest absolute Gasteiger partial charge is 0.289 e. The van der Waals surface area contributed by atoms with Crippen molar-refractivity contribution in [2.24, 2.45) is 0 Å². The third-order valence-electron chi connectivity index (χ3n) is 4.73. The molecule has 1 aliphatic rings. The number of nitro benzene ring substituents is 1. The zero-order valence-electron chi connectivity index (χ0n) is 14.9. The van der Waals surface area contributed by atoms with Gasteiger partial charge in [-0.3, -0.25) is 15.1 Å². The van der Waals surface area contributed by atoms with Crippen LogP contribution in [0.15, 0.2) is 41.4 Å². The summed E-state index contributed by atoms with van der Waals surface area (Å²) < 4.78 is 28.2. The van der Waals surface area contributed by atoms with Gasteiger partial charge in [-0.1, -0.05) is 6.07 Å².